The summed E-state index contributed by atoms with van der Waals surface area (Å²) in [6, 6.07) is 0. The monoisotopic (exact) mass is 979 g/mol. The molecule has 5 fully saturated rings. The summed E-state index contributed by atoms with van der Waals surface area (Å²) in [4.78, 5) is 27.0. The number of hydrogen-bond donors (Lipinski definition) is 5. The van der Waals surface area contributed by atoms with Crippen LogP contribution in [0.5, 0.6) is 0 Å². The summed E-state index contributed by atoms with van der Waals surface area (Å²) >= 11 is 0. The predicted molar refractivity (Wildman–Crippen MR) is 274 cm³/mol. The molecule has 0 aromatic heterocycles. The molecule has 0 spiro atoms. The molecule has 5 aliphatic carbocycles. The molecule has 0 radical (unpaired) electrons. The first-order valence-corrected chi connectivity index (χ1v) is 26.9. The summed E-state index contributed by atoms with van der Waals surface area (Å²) in [6.45, 7) is 35.4. The molecule has 0 bridgehead atoms. The molecule has 0 aromatic carbocycles. The molecule has 1 saturated heterocycles. The summed E-state index contributed by atoms with van der Waals surface area (Å²) in [5.41, 5.74) is -0.589. The van der Waals surface area contributed by atoms with Crippen molar-refractivity contribution in [2.45, 2.75) is 234 Å². The van der Waals surface area contributed by atoms with Gasteiger partial charge in [0.2, 0.25) is 0 Å². The van der Waals surface area contributed by atoms with E-state index in [0.29, 0.717) is 48.9 Å². The van der Waals surface area contributed by atoms with Crippen molar-refractivity contribution in [1.29, 1.82) is 0 Å². The van der Waals surface area contributed by atoms with Gasteiger partial charge in [-0.15, -0.1) is 13.2 Å². The van der Waals surface area contributed by atoms with Crippen molar-refractivity contribution in [3.8, 4) is 0 Å². The molecular weight excluding hydrogens is 885 g/mol. The van der Waals surface area contributed by atoms with Crippen molar-refractivity contribution in [3.05, 3.63) is 60.3 Å². The fraction of sp³-hybridized carbons (Fsp3) is 0.797. The van der Waals surface area contributed by atoms with Crippen molar-refractivity contribution in [2.75, 3.05) is 6.61 Å². The fourth-order valence-corrected chi connectivity index (χ4v) is 15.4. The molecule has 16 unspecified atom stereocenters. The average Bonchev–Trinajstić information content (AvgIpc) is 3.28. The lowest BCUT2D eigenvalue weighted by Crippen LogP contribution is -2.67. The van der Waals surface area contributed by atoms with Gasteiger partial charge in [0, 0.05) is 16.4 Å². The Morgan fingerprint density at radius 3 is 2.17 bits per heavy atom. The van der Waals surface area contributed by atoms with Gasteiger partial charge in [0.15, 0.2) is 12.4 Å². The van der Waals surface area contributed by atoms with Crippen LogP contribution < -0.4 is 0 Å². The Morgan fingerprint density at radius 2 is 1.54 bits per heavy atom. The Hall–Kier alpha value is -2.64. The Labute approximate surface area is 421 Å². The van der Waals surface area contributed by atoms with E-state index in [1.807, 2.05) is 0 Å². The lowest BCUT2D eigenvalue weighted by molar-refractivity contribution is -0.314. The van der Waals surface area contributed by atoms with Crippen molar-refractivity contribution in [1.82, 2.24) is 0 Å². The van der Waals surface area contributed by atoms with Crippen LogP contribution in [0.25, 0.3) is 0 Å². The average molecular weight is 979 g/mol. The number of carbonyl (C=O) groups is 2. The van der Waals surface area contributed by atoms with Gasteiger partial charge in [-0.05, 0) is 156 Å². The van der Waals surface area contributed by atoms with Gasteiger partial charge in [0.25, 0.3) is 0 Å². The Balaban J connectivity index is 1.12. The van der Waals surface area contributed by atoms with E-state index in [2.05, 4.69) is 81.5 Å². The molecule has 1 heterocycles. The Morgan fingerprint density at radius 1 is 0.871 bits per heavy atom. The number of esters is 2. The molecule has 70 heavy (non-hydrogen) atoms. The summed E-state index contributed by atoms with van der Waals surface area (Å²) < 4.78 is 24.3. The maximum atomic E-state index is 14.1. The first-order chi connectivity index (χ1) is 32.5. The van der Waals surface area contributed by atoms with Gasteiger partial charge in [0.05, 0.1) is 35.6 Å². The molecule has 6 rings (SSSR count). The topological polar surface area (TPSA) is 172 Å². The van der Waals surface area contributed by atoms with Crippen LogP contribution in [0.15, 0.2) is 60.3 Å². The molecular formula is C59H94O11. The van der Waals surface area contributed by atoms with E-state index in [0.717, 1.165) is 25.7 Å². The van der Waals surface area contributed by atoms with Crippen molar-refractivity contribution in [3.63, 3.8) is 0 Å². The molecule has 6 aliphatic rings. The third kappa shape index (κ3) is 10.1. The number of carbonyl (C=O) groups excluding carboxylic acids is 2. The molecule has 11 heteroatoms. The number of fused-ring (bicyclic) bond motifs is 7. The van der Waals surface area contributed by atoms with Crippen LogP contribution in [0.3, 0.4) is 0 Å². The second kappa shape index (κ2) is 20.6. The summed E-state index contributed by atoms with van der Waals surface area (Å²) in [5.74, 6) is 0.860. The SMILES string of the molecule is C=CC(C)(O)CC/C=C(\C)C(=O)OC1C(C)OC(O[C@](C)(C=C)CC/C=C(\CO)C(=O)OC2CC3(CCC)C(O)CC4(C)C(=CCC5C6(C)CCC(C)C(C)(C)C6CCC54C)C3CC2(C)C)C(O)C1O. The minimum Gasteiger partial charge on any atom is -0.458 e. The van der Waals surface area contributed by atoms with Gasteiger partial charge in [0.1, 0.15) is 18.3 Å². The Kier molecular flexibility index (Phi) is 16.7. The molecule has 0 amide bonds. The number of allylic oxidation sites excluding steroid dienone is 4. The standard InChI is InChI=1S/C59H94O11/c1-16-27-59-34-45(52(7,8)32-41(59)40-23-24-43-56(13)30-25-37(5)53(9,10)42(56)26-31-57(43,14)58(40,15)33-44(59)61)68-50(65)39(35-60)22-20-29-55(12,18-3)70-51-47(63)46(62)48(38(6)67-51)69-49(64)36(4)21-19-28-54(11,66)17-2/h17-18,21-23,37-38,41-48,51,60-63,66H,2-3,16,19-20,24-35H2,1,4-15H3/b36-21+,39-22+/t37?,38?,41?,42?,43?,44?,45?,46?,47?,48?,51?,54?,55-,56?,57?,58?,59?/m1/s1. The third-order valence-corrected chi connectivity index (χ3v) is 20.7. The van der Waals surface area contributed by atoms with E-state index in [4.69, 9.17) is 18.9 Å². The lowest BCUT2D eigenvalue weighted by atomic mass is 9.32. The molecule has 1 aliphatic heterocycles. The highest BCUT2D eigenvalue weighted by Crippen LogP contribution is 2.76. The molecule has 396 valence electrons. The highest BCUT2D eigenvalue weighted by Gasteiger charge is 2.70. The van der Waals surface area contributed by atoms with Crippen LogP contribution in [0.1, 0.15) is 180 Å². The minimum atomic E-state index is -1.57. The first-order valence-electron chi connectivity index (χ1n) is 26.9. The van der Waals surface area contributed by atoms with Crippen molar-refractivity contribution in [2.24, 2.45) is 56.2 Å². The number of rotatable bonds is 17. The van der Waals surface area contributed by atoms with Gasteiger partial charge in [-0.3, -0.25) is 0 Å². The highest BCUT2D eigenvalue weighted by molar-refractivity contribution is 5.89. The Bertz CT molecular complexity index is 2030. The minimum absolute atomic E-state index is 0.0661. The second-order valence-electron chi connectivity index (χ2n) is 25.7. The fourth-order valence-electron chi connectivity index (χ4n) is 15.4. The smallest absolute Gasteiger partial charge is 0.336 e. The number of hydrogen-bond acceptors (Lipinski definition) is 11. The van der Waals surface area contributed by atoms with E-state index in [1.54, 1.807) is 51.5 Å². The normalized spacial score (nSPS) is 42.0. The molecule has 11 nitrogen and oxygen atoms in total. The van der Waals surface area contributed by atoms with Gasteiger partial charge in [-0.25, -0.2) is 9.59 Å². The van der Waals surface area contributed by atoms with E-state index in [9.17, 15) is 35.1 Å². The lowest BCUT2D eigenvalue weighted by Gasteiger charge is -2.72. The van der Waals surface area contributed by atoms with Crippen molar-refractivity contribution >= 4 is 11.9 Å². The van der Waals surface area contributed by atoms with Crippen LogP contribution in [0.2, 0.25) is 0 Å². The number of aliphatic hydroxyl groups excluding tert-OH is 4. The van der Waals surface area contributed by atoms with E-state index in [-0.39, 0.29) is 46.2 Å². The zero-order chi connectivity index (χ0) is 52.2. The van der Waals surface area contributed by atoms with E-state index < -0.39 is 83.5 Å². The van der Waals surface area contributed by atoms with Crippen LogP contribution in [-0.2, 0) is 28.5 Å². The summed E-state index contributed by atoms with van der Waals surface area (Å²) in [6.07, 6.45) is 12.7. The quantitative estimate of drug-likeness (QED) is 0.0534. The van der Waals surface area contributed by atoms with Crippen LogP contribution in [0.4, 0.5) is 0 Å². The molecule has 0 aromatic rings. The largest absolute Gasteiger partial charge is 0.458 e. The maximum absolute atomic E-state index is 14.1. The predicted octanol–water partition coefficient (Wildman–Crippen LogP) is 10.4. The maximum Gasteiger partial charge on any atom is 0.336 e. The molecule has 17 atom stereocenters. The van der Waals surface area contributed by atoms with Crippen molar-refractivity contribution < 1.29 is 54.1 Å². The van der Waals surface area contributed by atoms with Crippen LogP contribution >= 0.6 is 0 Å². The van der Waals surface area contributed by atoms with Gasteiger partial charge >= 0.3 is 11.9 Å². The second-order valence-corrected chi connectivity index (χ2v) is 25.7. The van der Waals surface area contributed by atoms with E-state index in [1.165, 1.54) is 31.8 Å². The first kappa shape index (κ1) is 56.7. The van der Waals surface area contributed by atoms with Gasteiger partial charge < -0.3 is 44.5 Å². The summed E-state index contributed by atoms with van der Waals surface area (Å²) in [5, 5.41) is 55.8. The number of aliphatic hydroxyl groups is 5. The van der Waals surface area contributed by atoms with E-state index >= 15 is 0 Å². The summed E-state index contributed by atoms with van der Waals surface area (Å²) in [7, 11) is 0. The van der Waals surface area contributed by atoms with Crippen LogP contribution in [0, 0.1) is 56.2 Å². The highest BCUT2D eigenvalue weighted by atomic mass is 16.7. The number of ether oxygens (including phenoxy) is 4. The van der Waals surface area contributed by atoms with Crippen LogP contribution in [-0.4, -0.2) is 98.2 Å². The zero-order valence-corrected chi connectivity index (χ0v) is 45.4. The zero-order valence-electron chi connectivity index (χ0n) is 45.4. The van der Waals surface area contributed by atoms with Gasteiger partial charge in [-0.2, -0.15) is 0 Å². The molecule has 4 saturated carbocycles. The third-order valence-electron chi connectivity index (χ3n) is 20.7. The van der Waals surface area contributed by atoms with Gasteiger partial charge in [-0.1, -0.05) is 105 Å². The molecule has 5 N–H and O–H groups in total.